The van der Waals surface area contributed by atoms with Crippen LogP contribution in [0, 0.1) is 0 Å². The van der Waals surface area contributed by atoms with Crippen molar-refractivity contribution in [1.82, 2.24) is 19.7 Å². The zero-order valence-electron chi connectivity index (χ0n) is 14.0. The van der Waals surface area contributed by atoms with Crippen LogP contribution in [0.4, 0.5) is 0 Å². The fourth-order valence-electron chi connectivity index (χ4n) is 2.95. The highest BCUT2D eigenvalue weighted by atomic mass is 16.5. The highest BCUT2D eigenvalue weighted by Gasteiger charge is 2.12. The van der Waals surface area contributed by atoms with E-state index in [-0.39, 0.29) is 12.1 Å². The lowest BCUT2D eigenvalue weighted by Gasteiger charge is -2.05. The Morgan fingerprint density at radius 2 is 1.85 bits per heavy atom. The zero-order chi connectivity index (χ0) is 18.1. The van der Waals surface area contributed by atoms with E-state index in [2.05, 4.69) is 15.2 Å². The van der Waals surface area contributed by atoms with Gasteiger partial charge in [0.05, 0.1) is 35.9 Å². The third-order valence-corrected chi connectivity index (χ3v) is 4.23. The van der Waals surface area contributed by atoms with Crippen LogP contribution in [0.5, 0.6) is 5.75 Å². The molecule has 0 saturated carbocycles. The summed E-state index contributed by atoms with van der Waals surface area (Å²) in [5, 5.41) is 7.64. The van der Waals surface area contributed by atoms with Crippen molar-refractivity contribution in [2.24, 2.45) is 0 Å². The van der Waals surface area contributed by atoms with Gasteiger partial charge in [0.25, 0.3) is 5.56 Å². The second-order valence-electron chi connectivity index (χ2n) is 5.85. The summed E-state index contributed by atoms with van der Waals surface area (Å²) in [7, 11) is 1.60. The molecular formula is C19H16N4O3. The smallest absolute Gasteiger partial charge is 0.329 e. The van der Waals surface area contributed by atoms with Crippen LogP contribution in [0.15, 0.2) is 64.2 Å². The van der Waals surface area contributed by atoms with Gasteiger partial charge in [-0.1, -0.05) is 24.3 Å². The van der Waals surface area contributed by atoms with Crippen LogP contribution < -0.4 is 16.0 Å². The van der Waals surface area contributed by atoms with Gasteiger partial charge in [0.2, 0.25) is 0 Å². The average Bonchev–Trinajstić information content (AvgIpc) is 3.13. The molecule has 4 aromatic rings. The Morgan fingerprint density at radius 1 is 1.08 bits per heavy atom. The molecule has 7 heteroatoms. The lowest BCUT2D eigenvalue weighted by Crippen LogP contribution is -2.35. The Kier molecular flexibility index (Phi) is 3.89. The van der Waals surface area contributed by atoms with Crippen LogP contribution >= 0.6 is 0 Å². The second kappa shape index (κ2) is 6.36. The first-order valence-corrected chi connectivity index (χ1v) is 8.07. The van der Waals surface area contributed by atoms with Gasteiger partial charge in [0, 0.05) is 5.56 Å². The van der Waals surface area contributed by atoms with Crippen LogP contribution in [-0.2, 0) is 6.54 Å². The molecule has 2 heterocycles. The van der Waals surface area contributed by atoms with Gasteiger partial charge in [-0.15, -0.1) is 0 Å². The molecule has 0 radical (unpaired) electrons. The molecule has 130 valence electrons. The predicted molar refractivity (Wildman–Crippen MR) is 98.5 cm³/mol. The summed E-state index contributed by atoms with van der Waals surface area (Å²) in [6, 6.07) is 16.3. The van der Waals surface area contributed by atoms with Crippen molar-refractivity contribution in [2.75, 3.05) is 7.11 Å². The number of hydrogen-bond acceptors (Lipinski definition) is 4. The summed E-state index contributed by atoms with van der Waals surface area (Å²) >= 11 is 0. The van der Waals surface area contributed by atoms with Crippen LogP contribution in [0.25, 0.3) is 22.2 Å². The minimum Gasteiger partial charge on any atom is -0.496 e. The first kappa shape index (κ1) is 15.9. The standard InChI is InChI=1S/C19H16N4O3/c1-26-17-9-5-3-6-13(17)16-10-12(21-22-16)11-23-18(24)14-7-2-4-8-15(14)20-19(23)25/h2-10H,11H2,1H3,(H,20,25)(H,21,22). The Bertz CT molecular complexity index is 1200. The molecule has 0 aliphatic heterocycles. The number of nitrogens with one attached hydrogen (secondary N) is 2. The Morgan fingerprint density at radius 3 is 2.69 bits per heavy atom. The topological polar surface area (TPSA) is 92.8 Å². The molecule has 0 fully saturated rings. The Hall–Kier alpha value is -3.61. The van der Waals surface area contributed by atoms with Gasteiger partial charge in [0.1, 0.15) is 5.75 Å². The van der Waals surface area contributed by atoms with E-state index in [9.17, 15) is 9.59 Å². The highest BCUT2D eigenvalue weighted by Crippen LogP contribution is 2.28. The van der Waals surface area contributed by atoms with Crippen molar-refractivity contribution in [3.63, 3.8) is 0 Å². The fourth-order valence-corrected chi connectivity index (χ4v) is 2.95. The average molecular weight is 348 g/mol. The van der Waals surface area contributed by atoms with Crippen molar-refractivity contribution in [1.29, 1.82) is 0 Å². The molecule has 2 N–H and O–H groups in total. The summed E-state index contributed by atoms with van der Waals surface area (Å²) in [6.45, 7) is 0.0984. The number of benzene rings is 2. The fraction of sp³-hybridized carbons (Fsp3) is 0.105. The van der Waals surface area contributed by atoms with Crippen molar-refractivity contribution >= 4 is 10.9 Å². The molecule has 0 unspecified atom stereocenters. The van der Waals surface area contributed by atoms with E-state index in [4.69, 9.17) is 4.74 Å². The van der Waals surface area contributed by atoms with Gasteiger partial charge >= 0.3 is 5.69 Å². The lowest BCUT2D eigenvalue weighted by molar-refractivity contribution is 0.416. The highest BCUT2D eigenvalue weighted by molar-refractivity contribution is 5.76. The molecule has 2 aromatic heterocycles. The molecule has 0 saturated heterocycles. The van der Waals surface area contributed by atoms with Crippen LogP contribution in [0.1, 0.15) is 5.69 Å². The van der Waals surface area contributed by atoms with Crippen molar-refractivity contribution in [3.05, 3.63) is 81.1 Å². The summed E-state index contributed by atoms with van der Waals surface area (Å²) < 4.78 is 6.50. The number of methoxy groups -OCH3 is 1. The lowest BCUT2D eigenvalue weighted by atomic mass is 10.1. The van der Waals surface area contributed by atoms with E-state index in [1.54, 1.807) is 37.4 Å². The third-order valence-electron chi connectivity index (χ3n) is 4.23. The molecule has 2 aromatic carbocycles. The molecule has 0 atom stereocenters. The molecule has 4 rings (SSSR count). The molecule has 0 spiro atoms. The first-order valence-electron chi connectivity index (χ1n) is 8.07. The normalized spacial score (nSPS) is 11.0. The Labute approximate surface area is 147 Å². The van der Waals surface area contributed by atoms with E-state index in [0.29, 0.717) is 28.0 Å². The van der Waals surface area contributed by atoms with Crippen LogP contribution in [0.2, 0.25) is 0 Å². The summed E-state index contributed by atoms with van der Waals surface area (Å²) in [5.74, 6) is 0.700. The number of aromatic nitrogens is 4. The minimum absolute atomic E-state index is 0.0984. The van der Waals surface area contributed by atoms with Crippen molar-refractivity contribution in [2.45, 2.75) is 6.54 Å². The second-order valence-corrected chi connectivity index (χ2v) is 5.85. The third kappa shape index (κ3) is 2.69. The molecule has 0 aliphatic rings. The SMILES string of the molecule is COc1ccccc1-c1cc(Cn2c(=O)[nH]c3ccccc3c2=O)[nH]n1. The maximum Gasteiger partial charge on any atom is 0.329 e. The first-order chi connectivity index (χ1) is 12.7. The van der Waals surface area contributed by atoms with Gasteiger partial charge in [-0.3, -0.25) is 14.5 Å². The number of hydrogen-bond donors (Lipinski definition) is 2. The maximum absolute atomic E-state index is 12.6. The van der Waals surface area contributed by atoms with E-state index < -0.39 is 5.69 Å². The van der Waals surface area contributed by atoms with Crippen molar-refractivity contribution < 1.29 is 4.74 Å². The Balaban J connectivity index is 1.74. The van der Waals surface area contributed by atoms with E-state index >= 15 is 0 Å². The number of H-pyrrole nitrogens is 2. The van der Waals surface area contributed by atoms with Crippen molar-refractivity contribution in [3.8, 4) is 17.0 Å². The monoisotopic (exact) mass is 348 g/mol. The summed E-state index contributed by atoms with van der Waals surface area (Å²) in [6.07, 6.45) is 0. The van der Waals surface area contributed by atoms with E-state index in [0.717, 1.165) is 10.1 Å². The quantitative estimate of drug-likeness (QED) is 0.591. The number of ether oxygens (including phenoxy) is 1. The predicted octanol–water partition coefficient (Wildman–Crippen LogP) is 2.14. The largest absolute Gasteiger partial charge is 0.496 e. The van der Waals surface area contributed by atoms with Gasteiger partial charge in [0.15, 0.2) is 0 Å². The number of fused-ring (bicyclic) bond motifs is 1. The molecule has 0 amide bonds. The number of para-hydroxylation sites is 2. The van der Waals surface area contributed by atoms with E-state index in [1.165, 1.54) is 0 Å². The molecule has 7 nitrogen and oxygen atoms in total. The summed E-state index contributed by atoms with van der Waals surface area (Å²) in [4.78, 5) is 27.6. The maximum atomic E-state index is 12.6. The molecular weight excluding hydrogens is 332 g/mol. The van der Waals surface area contributed by atoms with Gasteiger partial charge in [-0.05, 0) is 30.3 Å². The number of nitrogens with zero attached hydrogens (tertiary/aromatic N) is 2. The van der Waals surface area contributed by atoms with Gasteiger partial charge in [-0.2, -0.15) is 5.10 Å². The summed E-state index contributed by atoms with van der Waals surface area (Å²) in [5.41, 5.74) is 1.90. The number of rotatable bonds is 4. The zero-order valence-corrected chi connectivity index (χ0v) is 14.0. The minimum atomic E-state index is -0.456. The van der Waals surface area contributed by atoms with E-state index in [1.807, 2.05) is 24.3 Å². The molecule has 0 bridgehead atoms. The van der Waals surface area contributed by atoms with Gasteiger partial charge in [-0.25, -0.2) is 4.79 Å². The van der Waals surface area contributed by atoms with Gasteiger partial charge < -0.3 is 9.72 Å². The van der Waals surface area contributed by atoms with Crippen LogP contribution in [0.3, 0.4) is 0 Å². The molecule has 0 aliphatic carbocycles. The number of aromatic amines is 2. The molecule has 26 heavy (non-hydrogen) atoms. The van der Waals surface area contributed by atoms with Crippen LogP contribution in [-0.4, -0.2) is 26.9 Å².